The summed E-state index contributed by atoms with van der Waals surface area (Å²) in [6, 6.07) is 6.65. The van der Waals surface area contributed by atoms with Crippen molar-refractivity contribution < 1.29 is 13.2 Å². The number of nitrogen functional groups attached to an aromatic ring is 1. The van der Waals surface area contributed by atoms with E-state index in [1.807, 2.05) is 13.8 Å². The van der Waals surface area contributed by atoms with E-state index in [-0.39, 0.29) is 17.7 Å². The van der Waals surface area contributed by atoms with Crippen LogP contribution in [0.25, 0.3) is 10.2 Å². The molecule has 2 aromatic heterocycles. The Balaban J connectivity index is 1.50. The Morgan fingerprint density at radius 1 is 1.21 bits per heavy atom. The molecule has 0 unspecified atom stereocenters. The maximum Gasteiger partial charge on any atom is 0.263 e. The number of benzene rings is 1. The number of aromatic nitrogens is 2. The van der Waals surface area contributed by atoms with Gasteiger partial charge in [0.2, 0.25) is 0 Å². The molecule has 0 atom stereocenters. The van der Waals surface area contributed by atoms with Gasteiger partial charge in [-0.2, -0.15) is 5.10 Å². The Labute approximate surface area is 166 Å². The van der Waals surface area contributed by atoms with Gasteiger partial charge in [0.1, 0.15) is 9.71 Å². The summed E-state index contributed by atoms with van der Waals surface area (Å²) in [5, 5.41) is 11.6. The summed E-state index contributed by atoms with van der Waals surface area (Å²) in [5.41, 5.74) is 9.13. The maximum atomic E-state index is 12.6. The number of hydrogen-bond donors (Lipinski definition) is 2. The molecule has 9 heteroatoms. The highest BCUT2D eigenvalue weighted by Crippen LogP contribution is 2.35. The van der Waals surface area contributed by atoms with Gasteiger partial charge in [0.05, 0.1) is 21.5 Å². The standard InChI is InChI=1S/C19H20N4O3S2/c1-10-11(2)22-23-19-15(10)16(20)17(27-19)18(24)21-9-12-3-5-13(6-4-12)28(25,26)14-7-8-14/h3-6,14H,7-9,20H2,1-2H3,(H,21,24). The quantitative estimate of drug-likeness (QED) is 0.661. The van der Waals surface area contributed by atoms with Gasteiger partial charge in [-0.05, 0) is 49.9 Å². The van der Waals surface area contributed by atoms with Crippen LogP contribution in [0, 0.1) is 13.8 Å². The van der Waals surface area contributed by atoms with Crippen molar-refractivity contribution in [3.8, 4) is 0 Å². The lowest BCUT2D eigenvalue weighted by Crippen LogP contribution is -2.22. The number of thiophene rings is 1. The summed E-state index contributed by atoms with van der Waals surface area (Å²) in [6.45, 7) is 4.04. The zero-order valence-electron chi connectivity index (χ0n) is 15.5. The maximum absolute atomic E-state index is 12.6. The summed E-state index contributed by atoms with van der Waals surface area (Å²) < 4.78 is 24.5. The van der Waals surface area contributed by atoms with E-state index >= 15 is 0 Å². The number of sulfone groups is 1. The smallest absolute Gasteiger partial charge is 0.263 e. The molecule has 1 amide bonds. The molecule has 3 N–H and O–H groups in total. The van der Waals surface area contributed by atoms with Crippen molar-refractivity contribution in [2.75, 3.05) is 5.73 Å². The molecule has 0 aliphatic heterocycles. The second kappa shape index (κ2) is 6.82. The molecule has 3 aromatic rings. The van der Waals surface area contributed by atoms with Crippen LogP contribution in [-0.4, -0.2) is 29.8 Å². The van der Waals surface area contributed by atoms with Gasteiger partial charge >= 0.3 is 0 Å². The lowest BCUT2D eigenvalue weighted by atomic mass is 10.1. The van der Waals surface area contributed by atoms with E-state index in [0.717, 1.165) is 35.0 Å². The van der Waals surface area contributed by atoms with Crippen molar-refractivity contribution in [3.63, 3.8) is 0 Å². The van der Waals surface area contributed by atoms with Crippen molar-refractivity contribution >= 4 is 43.0 Å². The Morgan fingerprint density at radius 3 is 2.54 bits per heavy atom. The van der Waals surface area contributed by atoms with E-state index in [1.54, 1.807) is 24.3 Å². The fourth-order valence-corrected chi connectivity index (χ4v) is 5.71. The zero-order valence-corrected chi connectivity index (χ0v) is 17.2. The molecular formula is C19H20N4O3S2. The number of rotatable bonds is 5. The number of anilines is 1. The van der Waals surface area contributed by atoms with Crippen LogP contribution in [0.15, 0.2) is 29.2 Å². The summed E-state index contributed by atoms with van der Waals surface area (Å²) in [6.07, 6.45) is 1.47. The number of aryl methyl sites for hydroxylation is 2. The number of carbonyl (C=O) groups excluding carboxylic acids is 1. The second-order valence-electron chi connectivity index (χ2n) is 7.01. The fourth-order valence-electron chi connectivity index (χ4n) is 3.04. The molecule has 0 radical (unpaired) electrons. The molecule has 1 aliphatic carbocycles. The first-order valence-corrected chi connectivity index (χ1v) is 11.3. The number of amides is 1. The van der Waals surface area contributed by atoms with E-state index in [4.69, 9.17) is 5.73 Å². The van der Waals surface area contributed by atoms with E-state index in [1.165, 1.54) is 11.3 Å². The van der Waals surface area contributed by atoms with Gasteiger partial charge in [-0.25, -0.2) is 8.42 Å². The lowest BCUT2D eigenvalue weighted by molar-refractivity contribution is 0.0956. The third-order valence-corrected chi connectivity index (χ3v) is 8.38. The van der Waals surface area contributed by atoms with Crippen molar-refractivity contribution in [2.24, 2.45) is 0 Å². The van der Waals surface area contributed by atoms with Crippen LogP contribution in [0.4, 0.5) is 5.69 Å². The monoisotopic (exact) mass is 416 g/mol. The molecule has 0 saturated heterocycles. The number of hydrogen-bond acceptors (Lipinski definition) is 7. The second-order valence-corrected chi connectivity index (χ2v) is 10.2. The lowest BCUT2D eigenvalue weighted by Gasteiger charge is -2.07. The molecule has 1 aromatic carbocycles. The Bertz CT molecular complexity index is 1180. The first-order chi connectivity index (χ1) is 13.3. The summed E-state index contributed by atoms with van der Waals surface area (Å²) >= 11 is 1.22. The normalized spacial score (nSPS) is 14.4. The predicted octanol–water partition coefficient (Wildman–Crippen LogP) is 2.76. The number of nitrogens with one attached hydrogen (secondary N) is 1. The molecule has 2 heterocycles. The molecule has 28 heavy (non-hydrogen) atoms. The van der Waals surface area contributed by atoms with E-state index in [2.05, 4.69) is 15.5 Å². The first kappa shape index (κ1) is 18.8. The zero-order chi connectivity index (χ0) is 20.1. The van der Waals surface area contributed by atoms with Crippen LogP contribution in [0.1, 0.15) is 39.3 Å². The fraction of sp³-hybridized carbons (Fsp3) is 0.316. The van der Waals surface area contributed by atoms with Crippen LogP contribution >= 0.6 is 11.3 Å². The molecule has 7 nitrogen and oxygen atoms in total. The Kier molecular flexibility index (Phi) is 4.59. The number of nitrogens with zero attached hydrogens (tertiary/aromatic N) is 2. The molecular weight excluding hydrogens is 396 g/mol. The van der Waals surface area contributed by atoms with E-state index in [0.29, 0.717) is 20.3 Å². The number of nitrogens with two attached hydrogens (primary N) is 1. The van der Waals surface area contributed by atoms with Gasteiger partial charge in [0.15, 0.2) is 9.84 Å². The van der Waals surface area contributed by atoms with Crippen LogP contribution in [-0.2, 0) is 16.4 Å². The van der Waals surface area contributed by atoms with Gasteiger partial charge in [-0.1, -0.05) is 12.1 Å². The highest BCUT2D eigenvalue weighted by molar-refractivity contribution is 7.92. The minimum Gasteiger partial charge on any atom is -0.397 e. The predicted molar refractivity (Wildman–Crippen MR) is 109 cm³/mol. The SMILES string of the molecule is Cc1nnc2sc(C(=O)NCc3ccc(S(=O)(=O)C4CC4)cc3)c(N)c2c1C. The van der Waals surface area contributed by atoms with Crippen molar-refractivity contribution in [1.82, 2.24) is 15.5 Å². The third-order valence-electron chi connectivity index (χ3n) is 5.01. The summed E-state index contributed by atoms with van der Waals surface area (Å²) in [5.74, 6) is -0.285. The van der Waals surface area contributed by atoms with E-state index in [9.17, 15) is 13.2 Å². The minimum absolute atomic E-state index is 0.232. The van der Waals surface area contributed by atoms with Gasteiger partial charge in [0, 0.05) is 11.9 Å². The summed E-state index contributed by atoms with van der Waals surface area (Å²) in [7, 11) is -3.20. The topological polar surface area (TPSA) is 115 Å². The Hall–Kier alpha value is -2.52. The van der Waals surface area contributed by atoms with Crippen molar-refractivity contribution in [3.05, 3.63) is 46.0 Å². The molecule has 0 spiro atoms. The van der Waals surface area contributed by atoms with Crippen molar-refractivity contribution in [2.45, 2.75) is 43.4 Å². The van der Waals surface area contributed by atoms with Crippen LogP contribution < -0.4 is 11.1 Å². The van der Waals surface area contributed by atoms with Gasteiger partial charge in [0.25, 0.3) is 5.91 Å². The summed E-state index contributed by atoms with van der Waals surface area (Å²) in [4.78, 5) is 14.0. The first-order valence-electron chi connectivity index (χ1n) is 8.92. The van der Waals surface area contributed by atoms with Crippen LogP contribution in [0.2, 0.25) is 0 Å². The Morgan fingerprint density at radius 2 is 1.89 bits per heavy atom. The van der Waals surface area contributed by atoms with Gasteiger partial charge in [-0.3, -0.25) is 4.79 Å². The minimum atomic E-state index is -3.20. The molecule has 1 fully saturated rings. The molecule has 4 rings (SSSR count). The van der Waals surface area contributed by atoms with Crippen LogP contribution in [0.5, 0.6) is 0 Å². The molecule has 0 bridgehead atoms. The van der Waals surface area contributed by atoms with E-state index < -0.39 is 9.84 Å². The van der Waals surface area contributed by atoms with Gasteiger partial charge in [-0.15, -0.1) is 16.4 Å². The number of carbonyl (C=O) groups is 1. The highest BCUT2D eigenvalue weighted by atomic mass is 32.2. The largest absolute Gasteiger partial charge is 0.397 e. The third kappa shape index (κ3) is 3.24. The van der Waals surface area contributed by atoms with Crippen LogP contribution in [0.3, 0.4) is 0 Å². The average Bonchev–Trinajstić information content (AvgIpc) is 3.48. The van der Waals surface area contributed by atoms with Gasteiger partial charge < -0.3 is 11.1 Å². The number of fused-ring (bicyclic) bond motifs is 1. The molecule has 146 valence electrons. The molecule has 1 aliphatic rings. The molecule has 1 saturated carbocycles. The average molecular weight is 417 g/mol. The highest BCUT2D eigenvalue weighted by Gasteiger charge is 2.36. The van der Waals surface area contributed by atoms with Crippen molar-refractivity contribution in [1.29, 1.82) is 0 Å².